The largest absolute Gasteiger partial charge is 0.351 e. The fraction of sp³-hybridized carbons (Fsp3) is 0.667. The minimum Gasteiger partial charge on any atom is -0.351 e. The zero-order valence-electron chi connectivity index (χ0n) is 11.9. The number of anilines is 1. The summed E-state index contributed by atoms with van der Waals surface area (Å²) in [7, 11) is 0. The van der Waals surface area contributed by atoms with Crippen LogP contribution in [0, 0.1) is 5.92 Å². The lowest BCUT2D eigenvalue weighted by atomic mass is 10.0. The Balaban J connectivity index is 2.02. The van der Waals surface area contributed by atoms with E-state index in [-0.39, 0.29) is 0 Å². The fourth-order valence-electron chi connectivity index (χ4n) is 2.62. The Hall–Kier alpha value is -0.800. The highest BCUT2D eigenvalue weighted by Gasteiger charge is 2.24. The van der Waals surface area contributed by atoms with Gasteiger partial charge in [-0.25, -0.2) is 4.98 Å². The number of aromatic nitrogens is 1. The van der Waals surface area contributed by atoms with Crippen LogP contribution in [-0.4, -0.2) is 30.7 Å². The van der Waals surface area contributed by atoms with E-state index < -0.39 is 0 Å². The second kappa shape index (κ2) is 7.11. The third-order valence-corrected chi connectivity index (χ3v) is 3.87. The Bertz CT molecular complexity index is 395. The summed E-state index contributed by atoms with van der Waals surface area (Å²) in [5.41, 5.74) is 0. The number of hydrogen-bond acceptors (Lipinski definition) is 3. The maximum atomic E-state index is 6.28. The molecule has 1 fully saturated rings. The van der Waals surface area contributed by atoms with E-state index in [2.05, 4.69) is 29.0 Å². The van der Waals surface area contributed by atoms with Crippen molar-refractivity contribution in [3.63, 3.8) is 0 Å². The minimum absolute atomic E-state index is 0.514. The van der Waals surface area contributed by atoms with Crippen molar-refractivity contribution in [2.75, 3.05) is 24.5 Å². The highest BCUT2D eigenvalue weighted by Crippen LogP contribution is 2.28. The first-order chi connectivity index (χ1) is 9.18. The number of piperidine rings is 1. The van der Waals surface area contributed by atoms with Gasteiger partial charge in [-0.1, -0.05) is 25.4 Å². The molecule has 0 aliphatic carbocycles. The second-order valence-corrected chi connectivity index (χ2v) is 6.11. The molecule has 19 heavy (non-hydrogen) atoms. The summed E-state index contributed by atoms with van der Waals surface area (Å²) >= 11 is 6.28. The van der Waals surface area contributed by atoms with Gasteiger partial charge in [-0.2, -0.15) is 0 Å². The molecule has 4 heteroatoms. The van der Waals surface area contributed by atoms with Crippen LogP contribution in [0.2, 0.25) is 5.02 Å². The summed E-state index contributed by atoms with van der Waals surface area (Å²) in [5, 5.41) is 4.32. The summed E-state index contributed by atoms with van der Waals surface area (Å²) in [4.78, 5) is 6.84. The first kappa shape index (κ1) is 14.6. The highest BCUT2D eigenvalue weighted by atomic mass is 35.5. The molecule has 2 heterocycles. The van der Waals surface area contributed by atoms with Crippen molar-refractivity contribution >= 4 is 17.4 Å². The Morgan fingerprint density at radius 2 is 2.32 bits per heavy atom. The first-order valence-corrected chi connectivity index (χ1v) is 7.64. The fourth-order valence-corrected chi connectivity index (χ4v) is 2.85. The number of nitrogens with one attached hydrogen (secondary N) is 1. The van der Waals surface area contributed by atoms with E-state index in [1.54, 1.807) is 0 Å². The standard InChI is InChI=1S/C15H24ClN3/c1-12(2)10-17-11-13-6-3-4-9-19(13)15-14(16)7-5-8-18-15/h5,7-8,12-13,17H,3-4,6,9-11H2,1-2H3. The van der Waals surface area contributed by atoms with Gasteiger partial charge in [0.05, 0.1) is 5.02 Å². The summed E-state index contributed by atoms with van der Waals surface area (Å²) in [6, 6.07) is 4.33. The van der Waals surface area contributed by atoms with Crippen LogP contribution in [0.3, 0.4) is 0 Å². The highest BCUT2D eigenvalue weighted by molar-refractivity contribution is 6.32. The van der Waals surface area contributed by atoms with E-state index >= 15 is 0 Å². The van der Waals surface area contributed by atoms with E-state index in [1.807, 2.05) is 18.3 Å². The predicted octanol–water partition coefficient (Wildman–Crippen LogP) is 3.34. The molecule has 3 nitrogen and oxygen atoms in total. The molecule has 1 aliphatic rings. The van der Waals surface area contributed by atoms with Crippen LogP contribution in [0.15, 0.2) is 18.3 Å². The molecule has 1 aromatic rings. The van der Waals surface area contributed by atoms with Crippen molar-refractivity contribution < 1.29 is 0 Å². The van der Waals surface area contributed by atoms with Gasteiger partial charge >= 0.3 is 0 Å². The van der Waals surface area contributed by atoms with Crippen molar-refractivity contribution in [1.29, 1.82) is 0 Å². The van der Waals surface area contributed by atoms with Crippen LogP contribution < -0.4 is 10.2 Å². The molecule has 0 amide bonds. The molecular formula is C15H24ClN3. The average molecular weight is 282 g/mol. The number of pyridine rings is 1. The number of rotatable bonds is 5. The molecule has 1 aliphatic heterocycles. The van der Waals surface area contributed by atoms with Crippen molar-refractivity contribution in [2.45, 2.75) is 39.2 Å². The minimum atomic E-state index is 0.514. The van der Waals surface area contributed by atoms with Gasteiger partial charge in [-0.15, -0.1) is 0 Å². The van der Waals surface area contributed by atoms with Crippen LogP contribution in [0.4, 0.5) is 5.82 Å². The van der Waals surface area contributed by atoms with Crippen LogP contribution in [0.25, 0.3) is 0 Å². The van der Waals surface area contributed by atoms with E-state index in [9.17, 15) is 0 Å². The number of nitrogens with zero attached hydrogens (tertiary/aromatic N) is 2. The predicted molar refractivity (Wildman–Crippen MR) is 81.9 cm³/mol. The molecule has 1 saturated heterocycles. The van der Waals surface area contributed by atoms with Gasteiger partial charge in [0.1, 0.15) is 5.82 Å². The lowest BCUT2D eigenvalue weighted by molar-refractivity contribution is 0.421. The molecule has 1 unspecified atom stereocenters. The van der Waals surface area contributed by atoms with Crippen LogP contribution in [-0.2, 0) is 0 Å². The Morgan fingerprint density at radius 3 is 3.05 bits per heavy atom. The van der Waals surface area contributed by atoms with Crippen LogP contribution >= 0.6 is 11.6 Å². The summed E-state index contributed by atoms with van der Waals surface area (Å²) < 4.78 is 0. The summed E-state index contributed by atoms with van der Waals surface area (Å²) in [6.45, 7) is 7.62. The van der Waals surface area contributed by atoms with Gasteiger partial charge in [-0.05, 0) is 43.9 Å². The van der Waals surface area contributed by atoms with Gasteiger partial charge in [0.2, 0.25) is 0 Å². The monoisotopic (exact) mass is 281 g/mol. The molecule has 0 aromatic carbocycles. The lowest BCUT2D eigenvalue weighted by Crippen LogP contribution is -2.46. The second-order valence-electron chi connectivity index (χ2n) is 5.70. The molecule has 106 valence electrons. The normalized spacial score (nSPS) is 20.0. The molecular weight excluding hydrogens is 258 g/mol. The Labute approximate surface area is 121 Å². The van der Waals surface area contributed by atoms with Gasteiger partial charge in [0.25, 0.3) is 0 Å². The third kappa shape index (κ3) is 4.08. The molecule has 1 atom stereocenters. The molecule has 0 radical (unpaired) electrons. The van der Waals surface area contributed by atoms with E-state index in [0.717, 1.165) is 30.5 Å². The lowest BCUT2D eigenvalue weighted by Gasteiger charge is -2.37. The maximum Gasteiger partial charge on any atom is 0.147 e. The van der Waals surface area contributed by atoms with Crippen molar-refractivity contribution in [1.82, 2.24) is 10.3 Å². The molecule has 0 saturated carbocycles. The molecule has 1 N–H and O–H groups in total. The van der Waals surface area contributed by atoms with Crippen LogP contribution in [0.5, 0.6) is 0 Å². The van der Waals surface area contributed by atoms with Crippen molar-refractivity contribution in [3.05, 3.63) is 23.4 Å². The first-order valence-electron chi connectivity index (χ1n) is 7.26. The maximum absolute atomic E-state index is 6.28. The van der Waals surface area contributed by atoms with Gasteiger partial charge < -0.3 is 10.2 Å². The smallest absolute Gasteiger partial charge is 0.147 e. The van der Waals surface area contributed by atoms with E-state index in [4.69, 9.17) is 11.6 Å². The van der Waals surface area contributed by atoms with Crippen LogP contribution in [0.1, 0.15) is 33.1 Å². The quantitative estimate of drug-likeness (QED) is 0.897. The van der Waals surface area contributed by atoms with Gasteiger partial charge in [0.15, 0.2) is 0 Å². The van der Waals surface area contributed by atoms with Crippen molar-refractivity contribution in [2.24, 2.45) is 5.92 Å². The van der Waals surface area contributed by atoms with E-state index in [0.29, 0.717) is 12.0 Å². The summed E-state index contributed by atoms with van der Waals surface area (Å²) in [6.07, 6.45) is 5.58. The molecule has 0 spiro atoms. The zero-order chi connectivity index (χ0) is 13.7. The SMILES string of the molecule is CC(C)CNCC1CCCCN1c1ncccc1Cl. The van der Waals surface area contributed by atoms with Crippen molar-refractivity contribution in [3.8, 4) is 0 Å². The Kier molecular flexibility index (Phi) is 5.46. The molecule has 0 bridgehead atoms. The van der Waals surface area contributed by atoms with E-state index in [1.165, 1.54) is 19.3 Å². The topological polar surface area (TPSA) is 28.2 Å². The zero-order valence-corrected chi connectivity index (χ0v) is 12.7. The molecule has 2 rings (SSSR count). The summed E-state index contributed by atoms with van der Waals surface area (Å²) in [5.74, 6) is 1.63. The Morgan fingerprint density at radius 1 is 1.47 bits per heavy atom. The van der Waals surface area contributed by atoms with Gasteiger partial charge in [0, 0.05) is 25.3 Å². The number of halogens is 1. The van der Waals surface area contributed by atoms with Gasteiger partial charge in [-0.3, -0.25) is 0 Å². The number of hydrogen-bond donors (Lipinski definition) is 1. The molecule has 1 aromatic heterocycles. The average Bonchev–Trinajstić information content (AvgIpc) is 2.40. The third-order valence-electron chi connectivity index (χ3n) is 3.57.